The van der Waals surface area contributed by atoms with E-state index in [1.54, 1.807) is 25.3 Å². The Labute approximate surface area is 127 Å². The molecule has 0 saturated heterocycles. The van der Waals surface area contributed by atoms with Crippen LogP contribution in [0.5, 0.6) is 0 Å². The van der Waals surface area contributed by atoms with Crippen molar-refractivity contribution in [1.82, 2.24) is 9.62 Å². The minimum Gasteiger partial charge on any atom is -0.383 e. The molecule has 21 heavy (non-hydrogen) atoms. The Morgan fingerprint density at radius 1 is 1.43 bits per heavy atom. The van der Waals surface area contributed by atoms with E-state index in [0.29, 0.717) is 24.6 Å². The monoisotopic (exact) mass is 312 g/mol. The van der Waals surface area contributed by atoms with Crippen LogP contribution >= 0.6 is 0 Å². The van der Waals surface area contributed by atoms with E-state index in [0.717, 1.165) is 11.1 Å². The molecule has 0 spiro atoms. The maximum absolute atomic E-state index is 12.8. The summed E-state index contributed by atoms with van der Waals surface area (Å²) in [7, 11) is -0.163. The summed E-state index contributed by atoms with van der Waals surface area (Å²) in [5.74, 6) is 0. The maximum Gasteiger partial charge on any atom is 0.243 e. The molecule has 5 nitrogen and oxygen atoms in total. The van der Waals surface area contributed by atoms with Gasteiger partial charge in [0.05, 0.1) is 11.5 Å². The van der Waals surface area contributed by atoms with Crippen molar-refractivity contribution in [3.05, 3.63) is 42.0 Å². The third-order valence-electron chi connectivity index (χ3n) is 3.26. The molecule has 0 unspecified atom stereocenters. The van der Waals surface area contributed by atoms with Crippen molar-refractivity contribution >= 4 is 10.0 Å². The molecule has 1 aromatic carbocycles. The molecule has 0 aliphatic carbocycles. The van der Waals surface area contributed by atoms with Crippen molar-refractivity contribution in [3.8, 4) is 0 Å². The fourth-order valence-electron chi connectivity index (χ4n) is 2.11. The zero-order valence-corrected chi connectivity index (χ0v) is 13.7. The van der Waals surface area contributed by atoms with Crippen LogP contribution in [-0.2, 0) is 21.3 Å². The molecule has 0 amide bonds. The van der Waals surface area contributed by atoms with Gasteiger partial charge in [-0.15, -0.1) is 6.58 Å². The number of methoxy groups -OCH3 is 1. The van der Waals surface area contributed by atoms with Crippen LogP contribution in [0.25, 0.3) is 0 Å². The van der Waals surface area contributed by atoms with Gasteiger partial charge in [0.1, 0.15) is 0 Å². The van der Waals surface area contributed by atoms with E-state index in [-0.39, 0.29) is 6.54 Å². The molecule has 0 aliphatic rings. The lowest BCUT2D eigenvalue weighted by atomic mass is 10.1. The summed E-state index contributed by atoms with van der Waals surface area (Å²) < 4.78 is 32.0. The second-order valence-corrected chi connectivity index (χ2v) is 6.62. The zero-order valence-electron chi connectivity index (χ0n) is 12.9. The van der Waals surface area contributed by atoms with Gasteiger partial charge in [0.25, 0.3) is 0 Å². The van der Waals surface area contributed by atoms with Gasteiger partial charge in [0.15, 0.2) is 0 Å². The number of nitrogens with zero attached hydrogens (tertiary/aromatic N) is 1. The molecule has 118 valence electrons. The first-order chi connectivity index (χ1) is 9.98. The minimum atomic E-state index is -3.55. The molecule has 0 aromatic heterocycles. The standard InChI is InChI=1S/C15H24N2O3S/c1-5-9-17(10-11-20-4)21(18,19)15-8-6-7-14(12-16-3)13(15)2/h5-8,16H,1,9-12H2,2-4H3. The van der Waals surface area contributed by atoms with Crippen LogP contribution in [0.3, 0.4) is 0 Å². The third kappa shape index (κ3) is 4.38. The van der Waals surface area contributed by atoms with E-state index >= 15 is 0 Å². The first-order valence-corrected chi connectivity index (χ1v) is 8.26. The molecule has 0 saturated carbocycles. The fourth-order valence-corrected chi connectivity index (χ4v) is 3.77. The van der Waals surface area contributed by atoms with Crippen molar-refractivity contribution in [1.29, 1.82) is 0 Å². The lowest BCUT2D eigenvalue weighted by Gasteiger charge is -2.22. The van der Waals surface area contributed by atoms with E-state index in [1.165, 1.54) is 4.31 Å². The quantitative estimate of drug-likeness (QED) is 0.703. The van der Waals surface area contributed by atoms with Crippen LogP contribution in [0, 0.1) is 6.92 Å². The minimum absolute atomic E-state index is 0.265. The van der Waals surface area contributed by atoms with Gasteiger partial charge in [-0.3, -0.25) is 0 Å². The van der Waals surface area contributed by atoms with Gasteiger partial charge >= 0.3 is 0 Å². The normalized spacial score (nSPS) is 11.8. The highest BCUT2D eigenvalue weighted by Gasteiger charge is 2.25. The van der Waals surface area contributed by atoms with Crippen molar-refractivity contribution in [2.45, 2.75) is 18.4 Å². The second kappa shape index (κ2) is 8.29. The third-order valence-corrected chi connectivity index (χ3v) is 5.27. The maximum atomic E-state index is 12.8. The van der Waals surface area contributed by atoms with Crippen LogP contribution in [0.2, 0.25) is 0 Å². The van der Waals surface area contributed by atoms with Gasteiger partial charge < -0.3 is 10.1 Å². The van der Waals surface area contributed by atoms with E-state index in [4.69, 9.17) is 4.74 Å². The van der Waals surface area contributed by atoms with Crippen molar-refractivity contribution < 1.29 is 13.2 Å². The Morgan fingerprint density at radius 3 is 2.71 bits per heavy atom. The van der Waals surface area contributed by atoms with Gasteiger partial charge in [-0.05, 0) is 31.2 Å². The summed E-state index contributed by atoms with van der Waals surface area (Å²) in [6.45, 7) is 7.02. The van der Waals surface area contributed by atoms with E-state index in [9.17, 15) is 8.42 Å². The van der Waals surface area contributed by atoms with Crippen LogP contribution in [-0.4, -0.2) is 46.6 Å². The fraction of sp³-hybridized carbons (Fsp3) is 0.467. The average molecular weight is 312 g/mol. The molecular weight excluding hydrogens is 288 g/mol. The average Bonchev–Trinajstić information content (AvgIpc) is 2.45. The lowest BCUT2D eigenvalue weighted by molar-refractivity contribution is 0.182. The molecule has 6 heteroatoms. The number of hydrogen-bond acceptors (Lipinski definition) is 4. The molecule has 0 heterocycles. The predicted octanol–water partition coefficient (Wildman–Crippen LogP) is 1.54. The molecule has 0 aliphatic heterocycles. The van der Waals surface area contributed by atoms with Gasteiger partial charge in [0, 0.05) is 26.7 Å². The number of nitrogens with one attached hydrogen (secondary N) is 1. The van der Waals surface area contributed by atoms with Crippen molar-refractivity contribution in [3.63, 3.8) is 0 Å². The molecular formula is C15H24N2O3S. The van der Waals surface area contributed by atoms with Gasteiger partial charge in [-0.2, -0.15) is 4.31 Å². The Kier molecular flexibility index (Phi) is 7.04. The first-order valence-electron chi connectivity index (χ1n) is 6.82. The summed E-state index contributed by atoms with van der Waals surface area (Å²) in [5.41, 5.74) is 1.75. The summed E-state index contributed by atoms with van der Waals surface area (Å²) in [4.78, 5) is 0.341. The summed E-state index contributed by atoms with van der Waals surface area (Å²) in [5, 5.41) is 3.05. The van der Waals surface area contributed by atoms with Crippen LogP contribution in [0.1, 0.15) is 11.1 Å². The Balaban J connectivity index is 3.21. The Morgan fingerprint density at radius 2 is 2.14 bits per heavy atom. The Bertz CT molecular complexity index is 570. The topological polar surface area (TPSA) is 58.6 Å². The molecule has 0 bridgehead atoms. The molecule has 1 N–H and O–H groups in total. The van der Waals surface area contributed by atoms with Gasteiger partial charge in [0.2, 0.25) is 10.0 Å². The van der Waals surface area contributed by atoms with Crippen LogP contribution in [0.4, 0.5) is 0 Å². The lowest BCUT2D eigenvalue weighted by Crippen LogP contribution is -2.34. The Hall–Kier alpha value is -1.21. The van der Waals surface area contributed by atoms with E-state index < -0.39 is 10.0 Å². The van der Waals surface area contributed by atoms with Gasteiger partial charge in [-0.1, -0.05) is 18.2 Å². The molecule has 0 atom stereocenters. The number of benzene rings is 1. The van der Waals surface area contributed by atoms with Crippen LogP contribution in [0.15, 0.2) is 35.7 Å². The SMILES string of the molecule is C=CCN(CCOC)S(=O)(=O)c1cccc(CNC)c1C. The number of hydrogen-bond donors (Lipinski definition) is 1. The highest BCUT2D eigenvalue weighted by molar-refractivity contribution is 7.89. The first kappa shape index (κ1) is 17.8. The second-order valence-electron chi connectivity index (χ2n) is 4.72. The van der Waals surface area contributed by atoms with E-state index in [2.05, 4.69) is 11.9 Å². The van der Waals surface area contributed by atoms with Crippen molar-refractivity contribution in [2.24, 2.45) is 0 Å². The summed E-state index contributed by atoms with van der Waals surface area (Å²) in [6.07, 6.45) is 1.58. The molecule has 1 rings (SSSR count). The van der Waals surface area contributed by atoms with Gasteiger partial charge in [-0.25, -0.2) is 8.42 Å². The summed E-state index contributed by atoms with van der Waals surface area (Å²) >= 11 is 0. The van der Waals surface area contributed by atoms with Crippen molar-refractivity contribution in [2.75, 3.05) is 33.9 Å². The molecule has 1 aromatic rings. The zero-order chi connectivity index (χ0) is 15.9. The summed E-state index contributed by atoms with van der Waals surface area (Å²) in [6, 6.07) is 5.35. The number of ether oxygens (including phenoxy) is 1. The predicted molar refractivity (Wildman–Crippen MR) is 84.8 cm³/mol. The largest absolute Gasteiger partial charge is 0.383 e. The highest BCUT2D eigenvalue weighted by Crippen LogP contribution is 2.22. The smallest absolute Gasteiger partial charge is 0.243 e. The highest BCUT2D eigenvalue weighted by atomic mass is 32.2. The van der Waals surface area contributed by atoms with Crippen LogP contribution < -0.4 is 5.32 Å². The molecule has 0 radical (unpaired) electrons. The number of sulfonamides is 1. The number of rotatable bonds is 9. The molecule has 0 fully saturated rings. The van der Waals surface area contributed by atoms with E-state index in [1.807, 2.05) is 20.0 Å².